The maximum absolute atomic E-state index is 9.64. The molecule has 0 bridgehead atoms. The summed E-state index contributed by atoms with van der Waals surface area (Å²) in [5.74, 6) is 0.900. The molecule has 0 aromatic carbocycles. The molecule has 1 aliphatic rings. The lowest BCUT2D eigenvalue weighted by molar-refractivity contribution is 0.181. The Morgan fingerprint density at radius 1 is 1.52 bits per heavy atom. The van der Waals surface area contributed by atoms with Crippen LogP contribution in [0.2, 0.25) is 0 Å². The Labute approximate surface area is 146 Å². The van der Waals surface area contributed by atoms with Crippen molar-refractivity contribution in [2.24, 2.45) is 10.7 Å². The number of aromatic amines is 1. The van der Waals surface area contributed by atoms with Gasteiger partial charge in [0, 0.05) is 12.4 Å². The van der Waals surface area contributed by atoms with E-state index in [4.69, 9.17) is 10.5 Å². The SMILES string of the molecule is CCOc1nc(NC(=CN)C(C)=NC2CCC(O)C2)nc2[nH]ccc12. The molecule has 134 valence electrons. The van der Waals surface area contributed by atoms with E-state index in [0.29, 0.717) is 36.2 Å². The molecule has 1 aliphatic carbocycles. The number of hydrogen-bond donors (Lipinski definition) is 4. The first-order valence-electron chi connectivity index (χ1n) is 8.50. The number of H-pyrrole nitrogens is 1. The summed E-state index contributed by atoms with van der Waals surface area (Å²) in [5.41, 5.74) is 7.84. The summed E-state index contributed by atoms with van der Waals surface area (Å²) < 4.78 is 5.59. The second-order valence-electron chi connectivity index (χ2n) is 6.07. The summed E-state index contributed by atoms with van der Waals surface area (Å²) in [4.78, 5) is 16.6. The van der Waals surface area contributed by atoms with Gasteiger partial charge in [-0.15, -0.1) is 0 Å². The smallest absolute Gasteiger partial charge is 0.232 e. The van der Waals surface area contributed by atoms with E-state index in [9.17, 15) is 5.11 Å². The van der Waals surface area contributed by atoms with Crippen molar-refractivity contribution in [3.63, 3.8) is 0 Å². The van der Waals surface area contributed by atoms with Gasteiger partial charge in [0.15, 0.2) is 0 Å². The molecule has 1 saturated carbocycles. The van der Waals surface area contributed by atoms with Gasteiger partial charge in [0.1, 0.15) is 5.65 Å². The lowest BCUT2D eigenvalue weighted by Gasteiger charge is -2.12. The monoisotopic (exact) mass is 344 g/mol. The van der Waals surface area contributed by atoms with E-state index in [0.717, 1.165) is 23.9 Å². The van der Waals surface area contributed by atoms with Gasteiger partial charge in [-0.25, -0.2) is 0 Å². The number of aliphatic hydroxyl groups is 1. The van der Waals surface area contributed by atoms with E-state index >= 15 is 0 Å². The Kier molecular flexibility index (Phi) is 5.18. The maximum Gasteiger partial charge on any atom is 0.232 e. The number of fused-ring (bicyclic) bond motifs is 1. The van der Waals surface area contributed by atoms with Gasteiger partial charge in [-0.1, -0.05) is 0 Å². The van der Waals surface area contributed by atoms with E-state index in [2.05, 4.69) is 25.3 Å². The van der Waals surface area contributed by atoms with Crippen LogP contribution < -0.4 is 15.8 Å². The van der Waals surface area contributed by atoms with Gasteiger partial charge in [0.25, 0.3) is 0 Å². The fourth-order valence-corrected chi connectivity index (χ4v) is 2.98. The third kappa shape index (κ3) is 3.90. The number of ether oxygens (including phenoxy) is 1. The van der Waals surface area contributed by atoms with Gasteiger partial charge in [0.2, 0.25) is 11.8 Å². The van der Waals surface area contributed by atoms with Crippen LogP contribution in [0, 0.1) is 0 Å². The van der Waals surface area contributed by atoms with Crippen LogP contribution in [0.25, 0.3) is 11.0 Å². The summed E-state index contributed by atoms with van der Waals surface area (Å²) in [6, 6.07) is 2.00. The van der Waals surface area contributed by atoms with Crippen LogP contribution in [-0.4, -0.2) is 44.5 Å². The molecule has 1 fully saturated rings. The van der Waals surface area contributed by atoms with Crippen LogP contribution >= 0.6 is 0 Å². The Balaban J connectivity index is 1.82. The number of aliphatic imine (C=N–C) groups is 1. The molecule has 5 N–H and O–H groups in total. The number of aliphatic hydroxyl groups excluding tert-OH is 1. The molecule has 2 aromatic rings. The molecule has 0 radical (unpaired) electrons. The zero-order valence-corrected chi connectivity index (χ0v) is 14.5. The normalized spacial score (nSPS) is 21.7. The second-order valence-corrected chi connectivity index (χ2v) is 6.07. The van der Waals surface area contributed by atoms with Crippen LogP contribution in [0.15, 0.2) is 29.2 Å². The number of anilines is 1. The molecule has 0 aliphatic heterocycles. The predicted octanol–water partition coefficient (Wildman–Crippen LogP) is 1.94. The number of aromatic nitrogens is 3. The lowest BCUT2D eigenvalue weighted by atomic mass is 10.2. The van der Waals surface area contributed by atoms with E-state index < -0.39 is 0 Å². The molecule has 25 heavy (non-hydrogen) atoms. The van der Waals surface area contributed by atoms with E-state index in [1.54, 1.807) is 6.20 Å². The van der Waals surface area contributed by atoms with Crippen molar-refractivity contribution in [2.75, 3.05) is 11.9 Å². The molecular weight excluding hydrogens is 320 g/mol. The van der Waals surface area contributed by atoms with Gasteiger partial charge in [-0.3, -0.25) is 4.99 Å². The number of nitrogens with one attached hydrogen (secondary N) is 2. The highest BCUT2D eigenvalue weighted by molar-refractivity contribution is 6.00. The zero-order chi connectivity index (χ0) is 17.8. The number of rotatable bonds is 6. The van der Waals surface area contributed by atoms with Crippen molar-refractivity contribution in [1.29, 1.82) is 0 Å². The van der Waals surface area contributed by atoms with Crippen molar-refractivity contribution in [3.8, 4) is 5.88 Å². The van der Waals surface area contributed by atoms with E-state index in [1.165, 1.54) is 6.20 Å². The van der Waals surface area contributed by atoms with Crippen molar-refractivity contribution in [2.45, 2.75) is 45.3 Å². The zero-order valence-electron chi connectivity index (χ0n) is 14.5. The van der Waals surface area contributed by atoms with Gasteiger partial charge < -0.3 is 25.9 Å². The summed E-state index contributed by atoms with van der Waals surface area (Å²) in [7, 11) is 0. The number of nitrogens with zero attached hydrogens (tertiary/aromatic N) is 3. The highest BCUT2D eigenvalue weighted by atomic mass is 16.5. The molecule has 8 nitrogen and oxygen atoms in total. The molecule has 2 unspecified atom stereocenters. The summed E-state index contributed by atoms with van der Waals surface area (Å²) >= 11 is 0. The molecule has 2 heterocycles. The number of nitrogens with two attached hydrogens (primary N) is 1. The van der Waals surface area contributed by atoms with Crippen molar-refractivity contribution >= 4 is 22.7 Å². The molecule has 0 spiro atoms. The van der Waals surface area contributed by atoms with E-state index in [-0.39, 0.29) is 12.1 Å². The van der Waals surface area contributed by atoms with Crippen LogP contribution in [0.5, 0.6) is 5.88 Å². The molecule has 0 amide bonds. The number of allylic oxidation sites excluding steroid dienone is 1. The summed E-state index contributed by atoms with van der Waals surface area (Å²) in [6.45, 7) is 4.31. The predicted molar refractivity (Wildman–Crippen MR) is 97.7 cm³/mol. The van der Waals surface area contributed by atoms with Gasteiger partial charge >= 0.3 is 0 Å². The van der Waals surface area contributed by atoms with Gasteiger partial charge in [0.05, 0.1) is 35.5 Å². The minimum atomic E-state index is -0.257. The minimum absolute atomic E-state index is 0.123. The maximum atomic E-state index is 9.64. The lowest BCUT2D eigenvalue weighted by Crippen LogP contribution is -2.15. The van der Waals surface area contributed by atoms with Crippen molar-refractivity contribution in [1.82, 2.24) is 15.0 Å². The largest absolute Gasteiger partial charge is 0.477 e. The van der Waals surface area contributed by atoms with Gasteiger partial charge in [-0.2, -0.15) is 9.97 Å². The standard InChI is InChI=1S/C17H24N6O2/c1-3-25-16-13-6-7-19-15(13)22-17(23-16)21-14(9-18)10(2)20-11-4-5-12(24)8-11/h6-7,9,11-12,24H,3-5,8,18H2,1-2H3,(H2,19,21,22,23). The second kappa shape index (κ2) is 7.52. The van der Waals surface area contributed by atoms with Crippen LogP contribution in [0.3, 0.4) is 0 Å². The Hall–Kier alpha value is -2.61. The first-order valence-corrected chi connectivity index (χ1v) is 8.50. The fraction of sp³-hybridized carbons (Fsp3) is 0.471. The molecule has 8 heteroatoms. The first kappa shape index (κ1) is 17.2. The van der Waals surface area contributed by atoms with Crippen LogP contribution in [0.4, 0.5) is 5.95 Å². The molecule has 2 aromatic heterocycles. The minimum Gasteiger partial charge on any atom is -0.477 e. The molecule has 2 atom stereocenters. The third-order valence-electron chi connectivity index (χ3n) is 4.22. The third-order valence-corrected chi connectivity index (χ3v) is 4.22. The Morgan fingerprint density at radius 3 is 3.04 bits per heavy atom. The highest BCUT2D eigenvalue weighted by Crippen LogP contribution is 2.25. The quantitative estimate of drug-likeness (QED) is 0.594. The number of hydrogen-bond acceptors (Lipinski definition) is 7. The summed E-state index contributed by atoms with van der Waals surface area (Å²) in [6.07, 6.45) is 5.36. The Bertz CT molecular complexity index is 798. The molecule has 0 saturated heterocycles. The van der Waals surface area contributed by atoms with Crippen LogP contribution in [-0.2, 0) is 0 Å². The van der Waals surface area contributed by atoms with Crippen LogP contribution in [0.1, 0.15) is 33.1 Å². The average molecular weight is 344 g/mol. The molecular formula is C17H24N6O2. The van der Waals surface area contributed by atoms with Crippen molar-refractivity contribution < 1.29 is 9.84 Å². The average Bonchev–Trinajstić information content (AvgIpc) is 3.21. The van der Waals surface area contributed by atoms with E-state index in [1.807, 2.05) is 19.9 Å². The Morgan fingerprint density at radius 2 is 2.36 bits per heavy atom. The first-order chi connectivity index (χ1) is 12.1. The van der Waals surface area contributed by atoms with Crippen molar-refractivity contribution in [3.05, 3.63) is 24.2 Å². The topological polar surface area (TPSA) is 121 Å². The van der Waals surface area contributed by atoms with Gasteiger partial charge in [-0.05, 0) is 39.2 Å². The molecule has 3 rings (SSSR count). The highest BCUT2D eigenvalue weighted by Gasteiger charge is 2.22. The fourth-order valence-electron chi connectivity index (χ4n) is 2.98. The summed E-state index contributed by atoms with van der Waals surface area (Å²) in [5, 5.41) is 13.6.